The van der Waals surface area contributed by atoms with Crippen molar-refractivity contribution >= 4 is 17.1 Å². The Kier molecular flexibility index (Phi) is 4.46. The van der Waals surface area contributed by atoms with Crippen molar-refractivity contribution in [3.63, 3.8) is 0 Å². The molecule has 0 saturated carbocycles. The summed E-state index contributed by atoms with van der Waals surface area (Å²) in [4.78, 5) is 32.8. The predicted molar refractivity (Wildman–Crippen MR) is 106 cm³/mol. The van der Waals surface area contributed by atoms with Gasteiger partial charge in [-0.2, -0.15) is 4.98 Å². The van der Waals surface area contributed by atoms with E-state index in [9.17, 15) is 9.59 Å². The Morgan fingerprint density at radius 2 is 2.04 bits per heavy atom. The quantitative estimate of drug-likeness (QED) is 0.805. The highest BCUT2D eigenvalue weighted by atomic mass is 16.2. The van der Waals surface area contributed by atoms with E-state index in [1.807, 2.05) is 25.3 Å². The van der Waals surface area contributed by atoms with Gasteiger partial charge in [-0.05, 0) is 40.2 Å². The average Bonchev–Trinajstić information content (AvgIpc) is 3.32. The molecule has 146 valence electrons. The van der Waals surface area contributed by atoms with E-state index in [1.54, 1.807) is 7.05 Å². The molecule has 0 bridgehead atoms. The Hall–Kier alpha value is -2.35. The van der Waals surface area contributed by atoms with E-state index in [-0.39, 0.29) is 11.2 Å². The molecule has 8 heteroatoms. The smallest absolute Gasteiger partial charge is 0.332 e. The molecule has 2 aromatic rings. The second kappa shape index (κ2) is 6.67. The molecule has 2 aliphatic rings. The van der Waals surface area contributed by atoms with E-state index in [0.29, 0.717) is 36.3 Å². The van der Waals surface area contributed by atoms with Gasteiger partial charge in [0.15, 0.2) is 11.2 Å². The van der Waals surface area contributed by atoms with Crippen LogP contribution >= 0.6 is 0 Å². The molecule has 2 saturated heterocycles. The zero-order valence-corrected chi connectivity index (χ0v) is 16.5. The van der Waals surface area contributed by atoms with Gasteiger partial charge in [-0.25, -0.2) is 4.79 Å². The van der Waals surface area contributed by atoms with Crippen molar-refractivity contribution in [3.8, 4) is 0 Å². The zero-order valence-electron chi connectivity index (χ0n) is 16.5. The van der Waals surface area contributed by atoms with Gasteiger partial charge in [-0.1, -0.05) is 11.6 Å². The van der Waals surface area contributed by atoms with Crippen LogP contribution in [-0.4, -0.2) is 43.9 Å². The van der Waals surface area contributed by atoms with Gasteiger partial charge in [0, 0.05) is 38.8 Å². The molecule has 1 N–H and O–H groups in total. The monoisotopic (exact) mass is 372 g/mol. The third-order valence-corrected chi connectivity index (χ3v) is 5.86. The summed E-state index contributed by atoms with van der Waals surface area (Å²) in [5.74, 6) is 0.805. The van der Waals surface area contributed by atoms with Gasteiger partial charge in [0.05, 0.1) is 0 Å². The van der Waals surface area contributed by atoms with E-state index in [2.05, 4.69) is 16.3 Å². The standard InChI is InChI=1S/C19H28N6O2/c1-5-23-17(26)15-16(22(4)19(23)27)21-18(25(15)10-7-12(2)3)24-11-8-13-14(24)6-9-20-13/h7,13-14,20H,5-6,8-11H2,1-4H3/t13-,14-/m0/s1. The van der Waals surface area contributed by atoms with Crippen LogP contribution in [0.2, 0.25) is 0 Å². The molecular weight excluding hydrogens is 344 g/mol. The van der Waals surface area contributed by atoms with E-state index in [4.69, 9.17) is 4.98 Å². The summed E-state index contributed by atoms with van der Waals surface area (Å²) in [6.07, 6.45) is 4.26. The minimum atomic E-state index is -0.310. The number of aryl methyl sites for hydroxylation is 1. The Morgan fingerprint density at radius 3 is 2.74 bits per heavy atom. The van der Waals surface area contributed by atoms with E-state index in [1.165, 1.54) is 14.7 Å². The fraction of sp³-hybridized carbons (Fsp3) is 0.632. The highest BCUT2D eigenvalue weighted by Crippen LogP contribution is 2.31. The van der Waals surface area contributed by atoms with Crippen LogP contribution in [0.4, 0.5) is 5.95 Å². The molecule has 8 nitrogen and oxygen atoms in total. The number of imidazole rings is 1. The number of aromatic nitrogens is 4. The number of nitrogens with one attached hydrogen (secondary N) is 1. The Labute approximate surface area is 158 Å². The van der Waals surface area contributed by atoms with Gasteiger partial charge in [-0.15, -0.1) is 0 Å². The second-order valence-corrected chi connectivity index (χ2v) is 7.77. The van der Waals surface area contributed by atoms with Gasteiger partial charge < -0.3 is 14.8 Å². The molecule has 0 radical (unpaired) electrons. The van der Waals surface area contributed by atoms with E-state index < -0.39 is 0 Å². The van der Waals surface area contributed by atoms with Crippen LogP contribution in [0.5, 0.6) is 0 Å². The fourth-order valence-corrected chi connectivity index (χ4v) is 4.42. The SMILES string of the molecule is CCn1c(=O)c2c(nc(N3CC[C@@H]4NCC[C@@H]43)n2CC=C(C)C)n(C)c1=O. The largest absolute Gasteiger partial charge is 0.338 e. The third kappa shape index (κ3) is 2.74. The molecule has 4 rings (SSSR count). The van der Waals surface area contributed by atoms with Crippen LogP contribution in [0.15, 0.2) is 21.2 Å². The molecule has 2 aromatic heterocycles. The minimum Gasteiger partial charge on any atom is -0.338 e. The lowest BCUT2D eigenvalue weighted by atomic mass is 10.1. The lowest BCUT2D eigenvalue weighted by Crippen LogP contribution is -2.39. The lowest BCUT2D eigenvalue weighted by molar-refractivity contribution is 0.594. The molecule has 0 unspecified atom stereocenters. The maximum absolute atomic E-state index is 13.1. The van der Waals surface area contributed by atoms with Crippen molar-refractivity contribution in [2.75, 3.05) is 18.0 Å². The zero-order chi connectivity index (χ0) is 19.3. The number of hydrogen-bond acceptors (Lipinski definition) is 5. The van der Waals surface area contributed by atoms with Crippen LogP contribution in [0.1, 0.15) is 33.6 Å². The Balaban J connectivity index is 1.98. The highest BCUT2D eigenvalue weighted by Gasteiger charge is 2.39. The van der Waals surface area contributed by atoms with Crippen molar-refractivity contribution < 1.29 is 0 Å². The number of hydrogen-bond donors (Lipinski definition) is 1. The number of fused-ring (bicyclic) bond motifs is 2. The molecule has 27 heavy (non-hydrogen) atoms. The molecule has 0 amide bonds. The van der Waals surface area contributed by atoms with Crippen LogP contribution < -0.4 is 21.5 Å². The number of nitrogens with zero attached hydrogens (tertiary/aromatic N) is 5. The first-order valence-corrected chi connectivity index (χ1v) is 9.77. The maximum atomic E-state index is 13.1. The summed E-state index contributed by atoms with van der Waals surface area (Å²) in [6.45, 7) is 8.77. The molecule has 0 aromatic carbocycles. The Bertz CT molecular complexity index is 1020. The molecule has 2 fully saturated rings. The normalized spacial score (nSPS) is 21.9. The van der Waals surface area contributed by atoms with Gasteiger partial charge >= 0.3 is 5.69 Å². The minimum absolute atomic E-state index is 0.253. The van der Waals surface area contributed by atoms with Crippen LogP contribution in [0, 0.1) is 0 Å². The van der Waals surface area contributed by atoms with Crippen LogP contribution in [0.3, 0.4) is 0 Å². The van der Waals surface area contributed by atoms with Crippen LogP contribution in [-0.2, 0) is 20.1 Å². The molecule has 0 aliphatic carbocycles. The first-order valence-electron chi connectivity index (χ1n) is 9.77. The molecular formula is C19H28N6O2. The predicted octanol–water partition coefficient (Wildman–Crippen LogP) is 0.823. The summed E-state index contributed by atoms with van der Waals surface area (Å²) >= 11 is 0. The highest BCUT2D eigenvalue weighted by molar-refractivity contribution is 5.75. The summed E-state index contributed by atoms with van der Waals surface area (Å²) in [5, 5.41) is 3.56. The molecule has 2 atom stereocenters. The van der Waals surface area contributed by atoms with Crippen molar-refractivity contribution in [2.24, 2.45) is 7.05 Å². The van der Waals surface area contributed by atoms with Gasteiger partial charge in [0.2, 0.25) is 5.95 Å². The first-order chi connectivity index (χ1) is 12.9. The number of rotatable bonds is 4. The number of anilines is 1. The Morgan fingerprint density at radius 1 is 1.26 bits per heavy atom. The summed E-state index contributed by atoms with van der Waals surface area (Å²) in [6, 6.07) is 0.885. The second-order valence-electron chi connectivity index (χ2n) is 7.77. The lowest BCUT2D eigenvalue weighted by Gasteiger charge is -2.25. The van der Waals surface area contributed by atoms with Gasteiger partial charge in [-0.3, -0.25) is 13.9 Å². The molecule has 2 aliphatic heterocycles. The summed E-state index contributed by atoms with van der Waals surface area (Å²) in [7, 11) is 1.70. The van der Waals surface area contributed by atoms with Crippen molar-refractivity contribution in [3.05, 3.63) is 32.5 Å². The van der Waals surface area contributed by atoms with Crippen molar-refractivity contribution in [2.45, 2.75) is 58.8 Å². The molecule has 0 spiro atoms. The average molecular weight is 372 g/mol. The number of allylic oxidation sites excluding steroid dienone is 2. The third-order valence-electron chi connectivity index (χ3n) is 5.86. The summed E-state index contributed by atoms with van der Waals surface area (Å²) in [5.41, 5.74) is 1.61. The maximum Gasteiger partial charge on any atom is 0.332 e. The molecule has 4 heterocycles. The van der Waals surface area contributed by atoms with E-state index in [0.717, 1.165) is 31.9 Å². The van der Waals surface area contributed by atoms with E-state index >= 15 is 0 Å². The van der Waals surface area contributed by atoms with Crippen LogP contribution in [0.25, 0.3) is 11.2 Å². The van der Waals surface area contributed by atoms with Crippen molar-refractivity contribution in [1.29, 1.82) is 0 Å². The fourth-order valence-electron chi connectivity index (χ4n) is 4.42. The topological polar surface area (TPSA) is 77.1 Å². The van der Waals surface area contributed by atoms with Gasteiger partial charge in [0.1, 0.15) is 0 Å². The van der Waals surface area contributed by atoms with Gasteiger partial charge in [0.25, 0.3) is 5.56 Å². The van der Waals surface area contributed by atoms with Crippen molar-refractivity contribution in [1.82, 2.24) is 24.0 Å². The first kappa shape index (κ1) is 18.0. The summed E-state index contributed by atoms with van der Waals surface area (Å²) < 4.78 is 4.79.